The molecule has 0 spiro atoms. The van der Waals surface area contributed by atoms with Gasteiger partial charge < -0.3 is 14.4 Å². The van der Waals surface area contributed by atoms with Crippen LogP contribution in [0.15, 0.2) is 11.4 Å². The standard InChI is InChI=1S/C16H21F3N4S/c1-11-8-13(12(2)23(11)10-16(17,18)19)14-9-24-15(20-14)22-6-4-21(3)5-7-22/h8-9H,4-7,10H2,1-3H3/p+1. The van der Waals surface area contributed by atoms with Crippen LogP contribution in [0.3, 0.4) is 0 Å². The molecule has 24 heavy (non-hydrogen) atoms. The van der Waals surface area contributed by atoms with Crippen LogP contribution in [0, 0.1) is 13.8 Å². The summed E-state index contributed by atoms with van der Waals surface area (Å²) in [5, 5.41) is 2.90. The number of halogens is 3. The Morgan fingerprint density at radius 1 is 1.25 bits per heavy atom. The van der Waals surface area contributed by atoms with Crippen LogP contribution < -0.4 is 9.80 Å². The molecule has 1 saturated heterocycles. The third kappa shape index (κ3) is 3.59. The number of thiazole rings is 1. The number of aromatic nitrogens is 2. The molecule has 8 heteroatoms. The predicted molar refractivity (Wildman–Crippen MR) is 89.9 cm³/mol. The Kier molecular flexibility index (Phi) is 4.61. The Bertz CT molecular complexity index is 711. The molecule has 0 bridgehead atoms. The highest BCUT2D eigenvalue weighted by molar-refractivity contribution is 7.14. The maximum absolute atomic E-state index is 12.7. The molecule has 0 aromatic carbocycles. The SMILES string of the molecule is Cc1cc(-c2csc(N3CC[NH+](C)CC3)n2)c(C)n1CC(F)(F)F. The van der Waals surface area contributed by atoms with Crippen LogP contribution in [0.25, 0.3) is 11.3 Å². The van der Waals surface area contributed by atoms with Gasteiger partial charge in [-0.15, -0.1) is 11.3 Å². The second-order valence-electron chi connectivity index (χ2n) is 6.45. The van der Waals surface area contributed by atoms with Crippen LogP contribution in [-0.4, -0.2) is 49.0 Å². The number of piperazine rings is 1. The van der Waals surface area contributed by atoms with E-state index in [1.807, 2.05) is 5.38 Å². The van der Waals surface area contributed by atoms with Gasteiger partial charge in [-0.2, -0.15) is 13.2 Å². The number of nitrogens with one attached hydrogen (secondary N) is 1. The van der Waals surface area contributed by atoms with Gasteiger partial charge in [-0.05, 0) is 19.9 Å². The van der Waals surface area contributed by atoms with E-state index in [0.717, 1.165) is 42.6 Å². The van der Waals surface area contributed by atoms with Gasteiger partial charge in [0, 0.05) is 22.3 Å². The molecule has 2 aromatic rings. The Balaban J connectivity index is 1.84. The van der Waals surface area contributed by atoms with E-state index in [9.17, 15) is 13.2 Å². The highest BCUT2D eigenvalue weighted by Crippen LogP contribution is 2.32. The van der Waals surface area contributed by atoms with E-state index in [2.05, 4.69) is 16.9 Å². The zero-order valence-electron chi connectivity index (χ0n) is 14.1. The summed E-state index contributed by atoms with van der Waals surface area (Å²) in [6.07, 6.45) is -4.22. The molecule has 1 fully saturated rings. The van der Waals surface area contributed by atoms with Gasteiger partial charge in [0.2, 0.25) is 0 Å². The van der Waals surface area contributed by atoms with Crippen molar-refractivity contribution in [2.45, 2.75) is 26.6 Å². The van der Waals surface area contributed by atoms with Gasteiger partial charge >= 0.3 is 6.18 Å². The molecule has 1 aliphatic heterocycles. The molecule has 3 heterocycles. The van der Waals surface area contributed by atoms with Crippen molar-refractivity contribution in [3.63, 3.8) is 0 Å². The quantitative estimate of drug-likeness (QED) is 0.908. The minimum Gasteiger partial charge on any atom is -0.339 e. The zero-order chi connectivity index (χ0) is 17.5. The molecule has 0 amide bonds. The lowest BCUT2D eigenvalue weighted by Gasteiger charge is -2.29. The van der Waals surface area contributed by atoms with E-state index in [1.54, 1.807) is 31.3 Å². The average molecular weight is 359 g/mol. The summed E-state index contributed by atoms with van der Waals surface area (Å²) in [5.41, 5.74) is 2.78. The molecule has 3 rings (SSSR count). The third-order valence-electron chi connectivity index (χ3n) is 4.57. The number of quaternary nitrogens is 1. The largest absolute Gasteiger partial charge is 0.406 e. The summed E-state index contributed by atoms with van der Waals surface area (Å²) in [4.78, 5) is 8.45. The van der Waals surface area contributed by atoms with Crippen molar-refractivity contribution in [1.29, 1.82) is 0 Å². The van der Waals surface area contributed by atoms with Crippen molar-refractivity contribution < 1.29 is 18.1 Å². The van der Waals surface area contributed by atoms with E-state index < -0.39 is 12.7 Å². The lowest BCUT2D eigenvalue weighted by Crippen LogP contribution is -3.12. The number of alkyl halides is 3. The molecule has 132 valence electrons. The topological polar surface area (TPSA) is 25.5 Å². The number of likely N-dealkylation sites (N-methyl/N-ethyl adjacent to an activating group) is 1. The molecule has 0 saturated carbocycles. The van der Waals surface area contributed by atoms with Gasteiger partial charge in [0.25, 0.3) is 0 Å². The lowest BCUT2D eigenvalue weighted by molar-refractivity contribution is -0.880. The first-order valence-electron chi connectivity index (χ1n) is 8.00. The van der Waals surface area contributed by atoms with Crippen molar-refractivity contribution in [2.75, 3.05) is 38.1 Å². The summed E-state index contributed by atoms with van der Waals surface area (Å²) in [5.74, 6) is 0. The second kappa shape index (κ2) is 6.40. The minimum atomic E-state index is -4.22. The molecule has 0 atom stereocenters. The second-order valence-corrected chi connectivity index (χ2v) is 7.28. The molecular formula is C16H22F3N4S+. The molecule has 1 N–H and O–H groups in total. The molecular weight excluding hydrogens is 337 g/mol. The van der Waals surface area contributed by atoms with E-state index >= 15 is 0 Å². The Morgan fingerprint density at radius 3 is 2.54 bits per heavy atom. The van der Waals surface area contributed by atoms with Crippen molar-refractivity contribution in [3.8, 4) is 11.3 Å². The molecule has 1 aliphatic rings. The fraction of sp³-hybridized carbons (Fsp3) is 0.562. The maximum atomic E-state index is 12.7. The Labute approximate surface area is 143 Å². The minimum absolute atomic E-state index is 0.609. The van der Waals surface area contributed by atoms with E-state index in [-0.39, 0.29) is 0 Å². The molecule has 4 nitrogen and oxygen atoms in total. The molecule has 0 radical (unpaired) electrons. The van der Waals surface area contributed by atoms with Crippen molar-refractivity contribution in [3.05, 3.63) is 22.8 Å². The van der Waals surface area contributed by atoms with E-state index in [0.29, 0.717) is 11.4 Å². The number of anilines is 1. The Morgan fingerprint density at radius 2 is 1.92 bits per heavy atom. The summed E-state index contributed by atoms with van der Waals surface area (Å²) >= 11 is 1.56. The van der Waals surface area contributed by atoms with E-state index in [4.69, 9.17) is 0 Å². The van der Waals surface area contributed by atoms with Gasteiger partial charge in [0.15, 0.2) is 5.13 Å². The van der Waals surface area contributed by atoms with E-state index in [1.165, 1.54) is 9.47 Å². The summed E-state index contributed by atoms with van der Waals surface area (Å²) in [6, 6.07) is 1.80. The van der Waals surface area contributed by atoms with Crippen LogP contribution in [0.4, 0.5) is 18.3 Å². The van der Waals surface area contributed by atoms with Crippen LogP contribution in [0.1, 0.15) is 11.4 Å². The van der Waals surface area contributed by atoms with Crippen molar-refractivity contribution >= 4 is 16.5 Å². The molecule has 0 aliphatic carbocycles. The summed E-state index contributed by atoms with van der Waals surface area (Å²) in [7, 11) is 2.18. The highest BCUT2D eigenvalue weighted by Gasteiger charge is 2.30. The number of hydrogen-bond acceptors (Lipinski definition) is 3. The third-order valence-corrected chi connectivity index (χ3v) is 5.47. The number of rotatable bonds is 3. The number of aryl methyl sites for hydroxylation is 1. The zero-order valence-corrected chi connectivity index (χ0v) is 14.9. The van der Waals surface area contributed by atoms with Crippen LogP contribution >= 0.6 is 11.3 Å². The smallest absolute Gasteiger partial charge is 0.339 e. The van der Waals surface area contributed by atoms with Crippen LogP contribution in [0.5, 0.6) is 0 Å². The number of nitrogens with zero attached hydrogens (tertiary/aromatic N) is 3. The number of hydrogen-bond donors (Lipinski definition) is 1. The summed E-state index contributed by atoms with van der Waals surface area (Å²) in [6.45, 7) is 6.57. The highest BCUT2D eigenvalue weighted by atomic mass is 32.1. The first-order valence-corrected chi connectivity index (χ1v) is 8.88. The van der Waals surface area contributed by atoms with Crippen LogP contribution in [-0.2, 0) is 6.54 Å². The van der Waals surface area contributed by atoms with Gasteiger partial charge in [0.05, 0.1) is 38.9 Å². The lowest BCUT2D eigenvalue weighted by atomic mass is 10.2. The normalized spacial score (nSPS) is 16.8. The maximum Gasteiger partial charge on any atom is 0.406 e. The predicted octanol–water partition coefficient (Wildman–Crippen LogP) is 2.13. The summed E-state index contributed by atoms with van der Waals surface area (Å²) < 4.78 is 39.6. The molecule has 2 aromatic heterocycles. The van der Waals surface area contributed by atoms with Gasteiger partial charge in [-0.1, -0.05) is 0 Å². The first-order chi connectivity index (χ1) is 11.2. The average Bonchev–Trinajstić information content (AvgIpc) is 3.07. The van der Waals surface area contributed by atoms with Gasteiger partial charge in [0.1, 0.15) is 6.54 Å². The van der Waals surface area contributed by atoms with Crippen molar-refractivity contribution in [2.24, 2.45) is 0 Å². The fourth-order valence-corrected chi connectivity index (χ4v) is 3.98. The van der Waals surface area contributed by atoms with Gasteiger partial charge in [-0.3, -0.25) is 0 Å². The van der Waals surface area contributed by atoms with Gasteiger partial charge in [-0.25, -0.2) is 4.98 Å². The monoisotopic (exact) mass is 359 g/mol. The Hall–Kier alpha value is -1.54. The van der Waals surface area contributed by atoms with Crippen molar-refractivity contribution in [1.82, 2.24) is 9.55 Å². The first kappa shape index (κ1) is 17.3. The molecule has 0 unspecified atom stereocenters. The van der Waals surface area contributed by atoms with Crippen LogP contribution in [0.2, 0.25) is 0 Å². The fourth-order valence-electron chi connectivity index (χ4n) is 3.10.